The van der Waals surface area contributed by atoms with Crippen molar-refractivity contribution in [2.75, 3.05) is 4.90 Å². The highest BCUT2D eigenvalue weighted by Gasteiger charge is 2.26. The summed E-state index contributed by atoms with van der Waals surface area (Å²) >= 11 is 14.9. The van der Waals surface area contributed by atoms with E-state index in [2.05, 4.69) is 22.3 Å². The number of hydrogen-bond acceptors (Lipinski definition) is 5. The lowest BCUT2D eigenvalue weighted by Crippen LogP contribution is -2.20. The molecule has 0 unspecified atom stereocenters. The molecule has 1 N–H and O–H groups in total. The average molecular weight is 485 g/mol. The fourth-order valence-electron chi connectivity index (χ4n) is 3.50. The predicted octanol–water partition coefficient (Wildman–Crippen LogP) is 7.12. The van der Waals surface area contributed by atoms with Crippen LogP contribution in [0.3, 0.4) is 0 Å². The van der Waals surface area contributed by atoms with E-state index in [1.165, 1.54) is 0 Å². The molecule has 0 bridgehead atoms. The van der Waals surface area contributed by atoms with E-state index in [0.29, 0.717) is 21.5 Å². The first-order valence-corrected chi connectivity index (χ1v) is 11.7. The highest BCUT2D eigenvalue weighted by atomic mass is 35.5. The standard InChI is InChI=1S/C23H14Cl2N2O2S2/c24-15-7-5-14(9-16(15)25)12-27-17-3-1-2-4-19(17)30-20-10-13(6-8-18(20)27)11-21-22(28)26-23(29)31-21/h1-11H,12H2,(H,26,28,29)/b21-11-. The van der Waals surface area contributed by atoms with Crippen LogP contribution < -0.4 is 10.2 Å². The van der Waals surface area contributed by atoms with Crippen LogP contribution in [0.15, 0.2) is 75.4 Å². The highest BCUT2D eigenvalue weighted by Crippen LogP contribution is 2.49. The molecular weight excluding hydrogens is 471 g/mol. The quantitative estimate of drug-likeness (QED) is 0.401. The number of carbonyl (C=O) groups excluding carboxylic acids is 2. The summed E-state index contributed by atoms with van der Waals surface area (Å²) in [7, 11) is 0. The largest absolute Gasteiger partial charge is 0.335 e. The van der Waals surface area contributed by atoms with Gasteiger partial charge in [0.2, 0.25) is 0 Å². The van der Waals surface area contributed by atoms with E-state index in [4.69, 9.17) is 23.2 Å². The second-order valence-electron chi connectivity index (χ2n) is 6.98. The summed E-state index contributed by atoms with van der Waals surface area (Å²) in [5.41, 5.74) is 4.10. The molecule has 2 aliphatic rings. The minimum Gasteiger partial charge on any atom is -0.335 e. The predicted molar refractivity (Wildman–Crippen MR) is 128 cm³/mol. The number of amides is 2. The Bertz CT molecular complexity index is 1280. The molecule has 0 spiro atoms. The fraction of sp³-hybridized carbons (Fsp3) is 0.0435. The summed E-state index contributed by atoms with van der Waals surface area (Å²) in [6.45, 7) is 0.634. The summed E-state index contributed by atoms with van der Waals surface area (Å²) in [5, 5.41) is 3.01. The molecule has 154 valence electrons. The normalized spacial score (nSPS) is 16.3. The Morgan fingerprint density at radius 2 is 1.68 bits per heavy atom. The Balaban J connectivity index is 1.54. The van der Waals surface area contributed by atoms with Gasteiger partial charge < -0.3 is 4.90 Å². The topological polar surface area (TPSA) is 49.4 Å². The van der Waals surface area contributed by atoms with Crippen molar-refractivity contribution in [1.82, 2.24) is 5.32 Å². The molecule has 0 atom stereocenters. The number of imide groups is 1. The number of fused-ring (bicyclic) bond motifs is 2. The Kier molecular flexibility index (Phi) is 5.48. The zero-order valence-electron chi connectivity index (χ0n) is 15.9. The highest BCUT2D eigenvalue weighted by molar-refractivity contribution is 8.18. The number of para-hydroxylation sites is 1. The number of halogens is 2. The molecule has 5 rings (SSSR count). The molecule has 31 heavy (non-hydrogen) atoms. The molecular formula is C23H14Cl2N2O2S2. The number of nitrogens with zero attached hydrogens (tertiary/aromatic N) is 1. The first kappa shape index (κ1) is 20.5. The molecule has 3 aromatic carbocycles. The molecule has 8 heteroatoms. The second-order valence-corrected chi connectivity index (χ2v) is 9.90. The van der Waals surface area contributed by atoms with E-state index in [-0.39, 0.29) is 11.1 Å². The monoisotopic (exact) mass is 484 g/mol. The summed E-state index contributed by atoms with van der Waals surface area (Å²) in [4.78, 5) is 28.2. The molecule has 2 heterocycles. The SMILES string of the molecule is O=C1NC(=O)/C(=C/c2ccc3c(c2)Sc2ccccc2N3Cc2ccc(Cl)c(Cl)c2)S1. The van der Waals surface area contributed by atoms with Gasteiger partial charge in [0, 0.05) is 16.3 Å². The van der Waals surface area contributed by atoms with Gasteiger partial charge in [-0.05, 0) is 65.4 Å². The van der Waals surface area contributed by atoms with Gasteiger partial charge in [-0.1, -0.05) is 59.2 Å². The number of benzene rings is 3. The van der Waals surface area contributed by atoms with E-state index < -0.39 is 0 Å². The lowest BCUT2D eigenvalue weighted by molar-refractivity contribution is -0.115. The first-order valence-electron chi connectivity index (χ1n) is 9.35. The first-order chi connectivity index (χ1) is 15.0. The average Bonchev–Trinajstić information content (AvgIpc) is 3.07. The maximum Gasteiger partial charge on any atom is 0.290 e. The van der Waals surface area contributed by atoms with E-state index >= 15 is 0 Å². The van der Waals surface area contributed by atoms with Crippen LogP contribution >= 0.6 is 46.7 Å². The van der Waals surface area contributed by atoms with Crippen LogP contribution in [0.5, 0.6) is 0 Å². The zero-order chi connectivity index (χ0) is 21.5. The Hall–Kier alpha value is -2.38. The third kappa shape index (κ3) is 4.08. The molecule has 1 saturated heterocycles. The third-order valence-corrected chi connectivity index (χ3v) is 7.58. The zero-order valence-corrected chi connectivity index (χ0v) is 19.0. The summed E-state index contributed by atoms with van der Waals surface area (Å²) in [6.07, 6.45) is 1.75. The van der Waals surface area contributed by atoms with Crippen molar-refractivity contribution in [2.24, 2.45) is 0 Å². The fourth-order valence-corrected chi connectivity index (χ4v) is 5.65. The van der Waals surface area contributed by atoms with E-state index in [9.17, 15) is 9.59 Å². The van der Waals surface area contributed by atoms with Gasteiger partial charge in [-0.15, -0.1) is 0 Å². The Morgan fingerprint density at radius 1 is 0.871 bits per heavy atom. The minimum absolute atomic E-state index is 0.342. The summed E-state index contributed by atoms with van der Waals surface area (Å²) < 4.78 is 0. The number of anilines is 2. The van der Waals surface area contributed by atoms with Crippen LogP contribution in [0.1, 0.15) is 11.1 Å². The maximum absolute atomic E-state index is 11.9. The van der Waals surface area contributed by atoms with Crippen molar-refractivity contribution < 1.29 is 9.59 Å². The van der Waals surface area contributed by atoms with E-state index in [1.54, 1.807) is 17.8 Å². The van der Waals surface area contributed by atoms with Crippen molar-refractivity contribution in [1.29, 1.82) is 0 Å². The molecule has 2 aliphatic heterocycles. The number of thioether (sulfide) groups is 1. The Morgan fingerprint density at radius 3 is 2.45 bits per heavy atom. The van der Waals surface area contributed by atoms with Gasteiger partial charge in [-0.25, -0.2) is 0 Å². The third-order valence-electron chi connectivity index (χ3n) is 4.92. The van der Waals surface area contributed by atoms with Gasteiger partial charge in [0.1, 0.15) is 0 Å². The summed E-state index contributed by atoms with van der Waals surface area (Å²) in [6, 6.07) is 20.0. The van der Waals surface area contributed by atoms with Crippen LogP contribution in [0.25, 0.3) is 6.08 Å². The van der Waals surface area contributed by atoms with E-state index in [0.717, 1.165) is 44.1 Å². The maximum atomic E-state index is 11.9. The van der Waals surface area contributed by atoms with Crippen molar-refractivity contribution in [2.45, 2.75) is 16.3 Å². The molecule has 3 aromatic rings. The van der Waals surface area contributed by atoms with Gasteiger partial charge in [-0.3, -0.25) is 14.9 Å². The molecule has 0 aliphatic carbocycles. The summed E-state index contributed by atoms with van der Waals surface area (Å²) in [5.74, 6) is -0.355. The second kappa shape index (κ2) is 8.28. The van der Waals surface area contributed by atoms with Gasteiger partial charge >= 0.3 is 0 Å². The molecule has 0 saturated carbocycles. The van der Waals surface area contributed by atoms with Gasteiger partial charge in [0.15, 0.2) is 0 Å². The minimum atomic E-state index is -0.355. The van der Waals surface area contributed by atoms with Crippen LogP contribution in [0.4, 0.5) is 16.2 Å². The number of carbonyl (C=O) groups is 2. The van der Waals surface area contributed by atoms with Crippen LogP contribution in [-0.2, 0) is 11.3 Å². The number of nitrogens with one attached hydrogen (secondary N) is 1. The lowest BCUT2D eigenvalue weighted by atomic mass is 10.1. The molecule has 0 radical (unpaired) electrons. The van der Waals surface area contributed by atoms with Gasteiger partial charge in [0.25, 0.3) is 11.1 Å². The van der Waals surface area contributed by atoms with Crippen molar-refractivity contribution in [3.63, 3.8) is 0 Å². The van der Waals surface area contributed by atoms with Gasteiger partial charge in [-0.2, -0.15) is 0 Å². The molecule has 2 amide bonds. The van der Waals surface area contributed by atoms with Crippen LogP contribution in [0.2, 0.25) is 10.0 Å². The smallest absolute Gasteiger partial charge is 0.290 e. The molecule has 0 aromatic heterocycles. The van der Waals surface area contributed by atoms with Crippen molar-refractivity contribution >= 4 is 75.3 Å². The van der Waals surface area contributed by atoms with Crippen molar-refractivity contribution in [3.05, 3.63) is 86.7 Å². The number of hydrogen-bond donors (Lipinski definition) is 1. The molecule has 1 fully saturated rings. The molecule has 4 nitrogen and oxygen atoms in total. The van der Waals surface area contributed by atoms with Crippen LogP contribution in [-0.4, -0.2) is 11.1 Å². The van der Waals surface area contributed by atoms with Crippen LogP contribution in [0, 0.1) is 0 Å². The van der Waals surface area contributed by atoms with E-state index in [1.807, 2.05) is 48.5 Å². The Labute approximate surface area is 197 Å². The van der Waals surface area contributed by atoms with Crippen molar-refractivity contribution in [3.8, 4) is 0 Å². The lowest BCUT2D eigenvalue weighted by Gasteiger charge is -2.33. The van der Waals surface area contributed by atoms with Gasteiger partial charge in [0.05, 0.1) is 26.3 Å². The number of rotatable bonds is 3.